The summed E-state index contributed by atoms with van der Waals surface area (Å²) >= 11 is 0. The van der Waals surface area contributed by atoms with Crippen molar-refractivity contribution in [2.75, 3.05) is 18.8 Å². The molecule has 0 radical (unpaired) electrons. The lowest BCUT2D eigenvalue weighted by Gasteiger charge is -2.31. The molecule has 0 unspecified atom stereocenters. The van der Waals surface area contributed by atoms with Crippen molar-refractivity contribution in [2.45, 2.75) is 32.0 Å². The van der Waals surface area contributed by atoms with Gasteiger partial charge in [-0.05, 0) is 31.9 Å². The summed E-state index contributed by atoms with van der Waals surface area (Å²) in [5, 5.41) is 2.58. The average molecular weight is 364 g/mol. The van der Waals surface area contributed by atoms with E-state index in [1.807, 2.05) is 0 Å². The van der Waals surface area contributed by atoms with E-state index in [1.165, 1.54) is 16.4 Å². The molecule has 24 heavy (non-hydrogen) atoms. The Hall–Kier alpha value is -1.61. The Balaban J connectivity index is 2.03. The quantitative estimate of drug-likeness (QED) is 0.891. The van der Waals surface area contributed by atoms with Crippen molar-refractivity contribution in [3.05, 3.63) is 35.4 Å². The highest BCUT2D eigenvalue weighted by molar-refractivity contribution is 7.89. The van der Waals surface area contributed by atoms with Crippen molar-refractivity contribution in [1.82, 2.24) is 9.62 Å². The van der Waals surface area contributed by atoms with Gasteiger partial charge in [0.1, 0.15) is 0 Å². The van der Waals surface area contributed by atoms with Gasteiger partial charge >= 0.3 is 6.18 Å². The summed E-state index contributed by atoms with van der Waals surface area (Å²) in [6.07, 6.45) is -3.86. The Morgan fingerprint density at radius 1 is 1.25 bits per heavy atom. The second-order valence-corrected chi connectivity index (χ2v) is 7.85. The Labute approximate surface area is 138 Å². The number of rotatable bonds is 4. The summed E-state index contributed by atoms with van der Waals surface area (Å²) in [6, 6.07) is 4.26. The number of halogens is 3. The van der Waals surface area contributed by atoms with Gasteiger partial charge in [0, 0.05) is 19.1 Å². The van der Waals surface area contributed by atoms with Crippen LogP contribution in [0.1, 0.15) is 35.7 Å². The zero-order chi connectivity index (χ0) is 18.0. The van der Waals surface area contributed by atoms with Gasteiger partial charge in [-0.1, -0.05) is 12.1 Å². The molecule has 1 aliphatic heterocycles. The molecule has 1 aromatic rings. The van der Waals surface area contributed by atoms with Crippen LogP contribution in [0.4, 0.5) is 13.2 Å². The molecule has 2 rings (SSSR count). The van der Waals surface area contributed by atoms with E-state index in [0.29, 0.717) is 12.8 Å². The molecule has 0 bridgehead atoms. The minimum Gasteiger partial charge on any atom is -0.349 e. The molecule has 1 aliphatic rings. The first-order valence-corrected chi connectivity index (χ1v) is 9.21. The zero-order valence-corrected chi connectivity index (χ0v) is 14.0. The smallest absolute Gasteiger partial charge is 0.349 e. The second kappa shape index (κ2) is 7.10. The summed E-state index contributed by atoms with van der Waals surface area (Å²) in [5.41, 5.74) is -1.40. The third-order valence-electron chi connectivity index (χ3n) is 4.02. The Kier molecular flexibility index (Phi) is 5.54. The number of carbonyl (C=O) groups is 1. The summed E-state index contributed by atoms with van der Waals surface area (Å²) in [7, 11) is -3.28. The lowest BCUT2D eigenvalue weighted by Crippen LogP contribution is -2.47. The van der Waals surface area contributed by atoms with E-state index >= 15 is 0 Å². The molecule has 0 atom stereocenters. The maximum Gasteiger partial charge on any atom is 0.417 e. The van der Waals surface area contributed by atoms with E-state index in [2.05, 4.69) is 5.32 Å². The zero-order valence-electron chi connectivity index (χ0n) is 13.1. The molecule has 0 aliphatic carbocycles. The second-order valence-electron chi connectivity index (χ2n) is 5.59. The number of amides is 1. The van der Waals surface area contributed by atoms with Crippen molar-refractivity contribution in [1.29, 1.82) is 0 Å². The van der Waals surface area contributed by atoms with E-state index in [-0.39, 0.29) is 24.9 Å². The van der Waals surface area contributed by atoms with E-state index in [1.54, 1.807) is 6.92 Å². The largest absolute Gasteiger partial charge is 0.417 e. The van der Waals surface area contributed by atoms with Crippen LogP contribution in [0.2, 0.25) is 0 Å². The highest BCUT2D eigenvalue weighted by Crippen LogP contribution is 2.31. The molecule has 0 spiro atoms. The maximum absolute atomic E-state index is 13.0. The molecule has 0 aromatic heterocycles. The molecule has 1 N–H and O–H groups in total. The average Bonchev–Trinajstić information content (AvgIpc) is 2.54. The number of nitrogens with one attached hydrogen (secondary N) is 1. The summed E-state index contributed by atoms with van der Waals surface area (Å²) in [5.74, 6) is -0.789. The molecule has 1 aromatic carbocycles. The van der Waals surface area contributed by atoms with Gasteiger partial charge in [-0.2, -0.15) is 13.2 Å². The van der Waals surface area contributed by atoms with Gasteiger partial charge in [-0.3, -0.25) is 4.79 Å². The number of benzene rings is 1. The number of piperidine rings is 1. The van der Waals surface area contributed by atoms with E-state index in [0.717, 1.165) is 12.1 Å². The van der Waals surface area contributed by atoms with Crippen molar-refractivity contribution in [3.8, 4) is 0 Å². The summed E-state index contributed by atoms with van der Waals surface area (Å²) < 4.78 is 63.8. The third kappa shape index (κ3) is 4.27. The Morgan fingerprint density at radius 3 is 2.38 bits per heavy atom. The number of hydrogen-bond donors (Lipinski definition) is 1. The maximum atomic E-state index is 13.0. The van der Waals surface area contributed by atoms with Gasteiger partial charge < -0.3 is 5.32 Å². The first kappa shape index (κ1) is 18.7. The number of sulfonamides is 1. The molecular weight excluding hydrogens is 345 g/mol. The predicted octanol–water partition coefficient (Wildman–Crippen LogP) is 2.25. The molecule has 1 amide bonds. The fourth-order valence-electron chi connectivity index (χ4n) is 2.65. The van der Waals surface area contributed by atoms with Crippen LogP contribution in [0.5, 0.6) is 0 Å². The van der Waals surface area contributed by atoms with Crippen LogP contribution in [0.15, 0.2) is 24.3 Å². The summed E-state index contributed by atoms with van der Waals surface area (Å²) in [4.78, 5) is 12.2. The van der Waals surface area contributed by atoms with Gasteiger partial charge in [-0.25, -0.2) is 12.7 Å². The standard InChI is InChI=1S/C15H19F3N2O3S/c1-2-24(22,23)20-9-7-11(8-10-20)19-14(21)12-5-3-4-6-13(12)15(16,17)18/h3-6,11H,2,7-10H2,1H3,(H,19,21). The topological polar surface area (TPSA) is 66.5 Å². The Bertz CT molecular complexity index is 696. The highest BCUT2D eigenvalue weighted by atomic mass is 32.2. The number of alkyl halides is 3. The molecule has 0 saturated carbocycles. The predicted molar refractivity (Wildman–Crippen MR) is 83.0 cm³/mol. The fourth-order valence-corrected chi connectivity index (χ4v) is 3.78. The van der Waals surface area contributed by atoms with E-state index < -0.39 is 33.2 Å². The van der Waals surface area contributed by atoms with Gasteiger partial charge in [0.15, 0.2) is 0 Å². The monoisotopic (exact) mass is 364 g/mol. The van der Waals surface area contributed by atoms with Crippen molar-refractivity contribution in [2.24, 2.45) is 0 Å². The van der Waals surface area contributed by atoms with Crippen LogP contribution in [-0.4, -0.2) is 43.5 Å². The lowest BCUT2D eigenvalue weighted by atomic mass is 10.0. The first-order valence-electron chi connectivity index (χ1n) is 7.60. The minimum atomic E-state index is -4.60. The van der Waals surface area contributed by atoms with Gasteiger partial charge in [0.05, 0.1) is 16.9 Å². The number of nitrogens with zero attached hydrogens (tertiary/aromatic N) is 1. The van der Waals surface area contributed by atoms with Gasteiger partial charge in [0.2, 0.25) is 10.0 Å². The van der Waals surface area contributed by atoms with Crippen LogP contribution in [0.3, 0.4) is 0 Å². The SMILES string of the molecule is CCS(=O)(=O)N1CCC(NC(=O)c2ccccc2C(F)(F)F)CC1. The fraction of sp³-hybridized carbons (Fsp3) is 0.533. The van der Waals surface area contributed by atoms with E-state index in [4.69, 9.17) is 0 Å². The van der Waals surface area contributed by atoms with Crippen molar-refractivity contribution >= 4 is 15.9 Å². The highest BCUT2D eigenvalue weighted by Gasteiger charge is 2.35. The van der Waals surface area contributed by atoms with Crippen LogP contribution in [0.25, 0.3) is 0 Å². The molecule has 9 heteroatoms. The van der Waals surface area contributed by atoms with Gasteiger partial charge in [-0.15, -0.1) is 0 Å². The molecule has 5 nitrogen and oxygen atoms in total. The minimum absolute atomic E-state index is 0.00296. The van der Waals surface area contributed by atoms with Crippen molar-refractivity contribution < 1.29 is 26.4 Å². The first-order chi connectivity index (χ1) is 11.1. The molecule has 1 saturated heterocycles. The normalized spacial score (nSPS) is 17.7. The summed E-state index contributed by atoms with van der Waals surface area (Å²) in [6.45, 7) is 2.06. The number of carbonyl (C=O) groups excluding carboxylic acids is 1. The van der Waals surface area contributed by atoms with Gasteiger partial charge in [0.25, 0.3) is 5.91 Å². The Morgan fingerprint density at radius 2 is 1.83 bits per heavy atom. The van der Waals surface area contributed by atoms with E-state index in [9.17, 15) is 26.4 Å². The van der Waals surface area contributed by atoms with Crippen LogP contribution in [0, 0.1) is 0 Å². The van der Waals surface area contributed by atoms with Crippen LogP contribution >= 0.6 is 0 Å². The molecule has 1 heterocycles. The molecule has 134 valence electrons. The molecular formula is C15H19F3N2O3S. The van der Waals surface area contributed by atoms with Crippen molar-refractivity contribution in [3.63, 3.8) is 0 Å². The number of hydrogen-bond acceptors (Lipinski definition) is 3. The van der Waals surface area contributed by atoms with Crippen LogP contribution in [-0.2, 0) is 16.2 Å². The molecule has 1 fully saturated rings. The van der Waals surface area contributed by atoms with Crippen LogP contribution < -0.4 is 5.32 Å². The third-order valence-corrected chi connectivity index (χ3v) is 5.91. The lowest BCUT2D eigenvalue weighted by molar-refractivity contribution is -0.137.